The molecule has 1 atom stereocenters. The van der Waals surface area contributed by atoms with Crippen LogP contribution in [0.2, 0.25) is 0 Å². The summed E-state index contributed by atoms with van der Waals surface area (Å²) in [6.07, 6.45) is -0.896. The summed E-state index contributed by atoms with van der Waals surface area (Å²) in [7, 11) is 0. The van der Waals surface area contributed by atoms with Gasteiger partial charge in [0.15, 0.2) is 11.8 Å². The molecule has 0 fully saturated rings. The Balaban J connectivity index is 2.13. The Hall–Kier alpha value is -2.70. The summed E-state index contributed by atoms with van der Waals surface area (Å²) in [6, 6.07) is 5.88. The molecule has 0 saturated carbocycles. The van der Waals surface area contributed by atoms with Crippen molar-refractivity contribution in [1.82, 2.24) is 20.3 Å². The number of amides is 1. The predicted octanol–water partition coefficient (Wildman–Crippen LogP) is 2.51. The molecule has 1 aromatic heterocycles. The first-order chi connectivity index (χ1) is 12.2. The first kappa shape index (κ1) is 19.6. The molecule has 1 amide bonds. The topological polar surface area (TPSA) is 86.1 Å². The summed E-state index contributed by atoms with van der Waals surface area (Å²) >= 11 is 0. The number of ether oxygens (including phenoxy) is 1. The van der Waals surface area contributed by atoms with E-state index in [0.29, 0.717) is 18.2 Å². The molecule has 0 bridgehead atoms. The molecule has 1 N–H and O–H groups in total. The van der Waals surface area contributed by atoms with Crippen LogP contribution in [-0.4, -0.2) is 39.5 Å². The van der Waals surface area contributed by atoms with E-state index in [2.05, 4.69) is 15.5 Å². The van der Waals surface area contributed by atoms with Crippen LogP contribution in [0.25, 0.3) is 5.69 Å². The molecule has 0 aliphatic carbocycles. The van der Waals surface area contributed by atoms with Gasteiger partial charge < -0.3 is 10.1 Å². The number of hydrogen-bond donors (Lipinski definition) is 1. The molecular formula is C19H26N4O3. The number of carbonyl (C=O) groups excluding carboxylic acids is 2. The van der Waals surface area contributed by atoms with Crippen molar-refractivity contribution in [3.63, 3.8) is 0 Å². The van der Waals surface area contributed by atoms with E-state index in [4.69, 9.17) is 4.74 Å². The van der Waals surface area contributed by atoms with Crippen LogP contribution in [0.1, 0.15) is 48.1 Å². The Bertz CT molecular complexity index is 811. The largest absolute Gasteiger partial charge is 0.448 e. The van der Waals surface area contributed by atoms with Crippen LogP contribution in [0, 0.1) is 26.7 Å². The highest BCUT2D eigenvalue weighted by Gasteiger charge is 2.23. The van der Waals surface area contributed by atoms with Crippen LogP contribution in [-0.2, 0) is 9.53 Å². The minimum Gasteiger partial charge on any atom is -0.448 e. The molecule has 1 aromatic carbocycles. The van der Waals surface area contributed by atoms with Crippen molar-refractivity contribution >= 4 is 11.9 Å². The number of carbonyl (C=O) groups is 2. The third kappa shape index (κ3) is 4.68. The van der Waals surface area contributed by atoms with E-state index in [0.717, 1.165) is 16.8 Å². The SMILES string of the molecule is Cc1ccc(-n2nc(C)c(C(=O)O[C@H](C)C(=O)NCC(C)C)n2)c(C)c1. The molecule has 0 aliphatic rings. The van der Waals surface area contributed by atoms with Crippen molar-refractivity contribution in [3.05, 3.63) is 40.7 Å². The molecule has 7 nitrogen and oxygen atoms in total. The fourth-order valence-corrected chi connectivity index (χ4v) is 2.42. The van der Waals surface area contributed by atoms with E-state index >= 15 is 0 Å². The molecule has 0 saturated heterocycles. The Labute approximate surface area is 153 Å². The molecule has 0 radical (unpaired) electrons. The maximum atomic E-state index is 12.4. The normalized spacial score (nSPS) is 12.1. The third-order valence-corrected chi connectivity index (χ3v) is 3.88. The van der Waals surface area contributed by atoms with E-state index in [1.807, 2.05) is 45.9 Å². The van der Waals surface area contributed by atoms with Gasteiger partial charge in [-0.3, -0.25) is 4.79 Å². The lowest BCUT2D eigenvalue weighted by Gasteiger charge is -2.13. The van der Waals surface area contributed by atoms with Crippen LogP contribution in [0.4, 0.5) is 0 Å². The number of aromatic nitrogens is 3. The third-order valence-electron chi connectivity index (χ3n) is 3.88. The summed E-state index contributed by atoms with van der Waals surface area (Å²) < 4.78 is 5.24. The van der Waals surface area contributed by atoms with Crippen LogP contribution >= 0.6 is 0 Å². The molecule has 2 rings (SSSR count). The van der Waals surface area contributed by atoms with Crippen molar-refractivity contribution in [3.8, 4) is 5.69 Å². The zero-order valence-electron chi connectivity index (χ0n) is 16.2. The first-order valence-electron chi connectivity index (χ1n) is 8.69. The lowest BCUT2D eigenvalue weighted by atomic mass is 10.1. The molecule has 1 heterocycles. The van der Waals surface area contributed by atoms with E-state index in [-0.39, 0.29) is 11.6 Å². The van der Waals surface area contributed by atoms with Crippen LogP contribution in [0.15, 0.2) is 18.2 Å². The average molecular weight is 358 g/mol. The Morgan fingerprint density at radius 1 is 1.15 bits per heavy atom. The Morgan fingerprint density at radius 2 is 1.85 bits per heavy atom. The van der Waals surface area contributed by atoms with Crippen LogP contribution in [0.3, 0.4) is 0 Å². The maximum absolute atomic E-state index is 12.4. The molecule has 7 heteroatoms. The maximum Gasteiger partial charge on any atom is 0.361 e. The minimum absolute atomic E-state index is 0.105. The molecule has 0 aliphatic heterocycles. The first-order valence-corrected chi connectivity index (χ1v) is 8.69. The summed E-state index contributed by atoms with van der Waals surface area (Å²) in [5, 5.41) is 11.3. The number of benzene rings is 1. The quantitative estimate of drug-likeness (QED) is 0.802. The summed E-state index contributed by atoms with van der Waals surface area (Å²) in [4.78, 5) is 25.8. The molecule has 0 spiro atoms. The van der Waals surface area contributed by atoms with Gasteiger partial charge in [-0.1, -0.05) is 31.5 Å². The van der Waals surface area contributed by atoms with E-state index in [1.54, 1.807) is 6.92 Å². The minimum atomic E-state index is -0.896. The molecular weight excluding hydrogens is 332 g/mol. The fraction of sp³-hybridized carbons (Fsp3) is 0.474. The van der Waals surface area contributed by atoms with E-state index in [9.17, 15) is 9.59 Å². The van der Waals surface area contributed by atoms with Crippen molar-refractivity contribution in [2.45, 2.75) is 47.6 Å². The molecule has 26 heavy (non-hydrogen) atoms. The van der Waals surface area contributed by atoms with Gasteiger partial charge in [-0.25, -0.2) is 4.79 Å². The van der Waals surface area contributed by atoms with Gasteiger partial charge in [0.05, 0.1) is 11.4 Å². The fourth-order valence-electron chi connectivity index (χ4n) is 2.42. The summed E-state index contributed by atoms with van der Waals surface area (Å²) in [6.45, 7) is 11.7. The predicted molar refractivity (Wildman–Crippen MR) is 98.3 cm³/mol. The Morgan fingerprint density at radius 3 is 2.46 bits per heavy atom. The van der Waals surface area contributed by atoms with Crippen LogP contribution < -0.4 is 5.32 Å². The standard InChI is InChI=1S/C19H26N4O3/c1-11(2)10-20-18(24)15(6)26-19(25)17-14(5)21-23(22-17)16-8-7-12(3)9-13(16)4/h7-9,11,15H,10H2,1-6H3,(H,20,24)/t15-/m1/s1. The van der Waals surface area contributed by atoms with Gasteiger partial charge in [-0.05, 0) is 45.2 Å². The highest BCUT2D eigenvalue weighted by Crippen LogP contribution is 2.16. The van der Waals surface area contributed by atoms with Crippen molar-refractivity contribution in [2.75, 3.05) is 6.54 Å². The number of aryl methyl sites for hydroxylation is 3. The second-order valence-electron chi connectivity index (χ2n) is 6.90. The zero-order chi connectivity index (χ0) is 19.4. The zero-order valence-corrected chi connectivity index (χ0v) is 16.2. The van der Waals surface area contributed by atoms with Gasteiger partial charge in [-0.15, -0.1) is 5.10 Å². The van der Waals surface area contributed by atoms with Crippen molar-refractivity contribution < 1.29 is 14.3 Å². The number of nitrogens with zero attached hydrogens (tertiary/aromatic N) is 3. The average Bonchev–Trinajstić information content (AvgIpc) is 2.94. The smallest absolute Gasteiger partial charge is 0.361 e. The van der Waals surface area contributed by atoms with E-state index < -0.39 is 12.1 Å². The van der Waals surface area contributed by atoms with Gasteiger partial charge in [0.1, 0.15) is 0 Å². The molecule has 140 valence electrons. The molecule has 0 unspecified atom stereocenters. The number of esters is 1. The van der Waals surface area contributed by atoms with Gasteiger partial charge in [0.25, 0.3) is 5.91 Å². The van der Waals surface area contributed by atoms with Crippen molar-refractivity contribution in [1.29, 1.82) is 0 Å². The lowest BCUT2D eigenvalue weighted by Crippen LogP contribution is -2.37. The highest BCUT2D eigenvalue weighted by molar-refractivity contribution is 5.91. The van der Waals surface area contributed by atoms with Gasteiger partial charge in [0, 0.05) is 6.54 Å². The van der Waals surface area contributed by atoms with Gasteiger partial charge in [0.2, 0.25) is 0 Å². The Kier molecular flexibility index (Phi) is 6.13. The second kappa shape index (κ2) is 8.12. The van der Waals surface area contributed by atoms with Gasteiger partial charge in [-0.2, -0.15) is 9.90 Å². The summed E-state index contributed by atoms with van der Waals surface area (Å²) in [5.74, 6) is -0.668. The van der Waals surface area contributed by atoms with Crippen LogP contribution in [0.5, 0.6) is 0 Å². The number of rotatable bonds is 6. The lowest BCUT2D eigenvalue weighted by molar-refractivity contribution is -0.129. The summed E-state index contributed by atoms with van der Waals surface area (Å²) in [5.41, 5.74) is 3.48. The van der Waals surface area contributed by atoms with E-state index in [1.165, 1.54) is 11.7 Å². The number of nitrogens with one attached hydrogen (secondary N) is 1. The number of hydrogen-bond acceptors (Lipinski definition) is 5. The van der Waals surface area contributed by atoms with Gasteiger partial charge >= 0.3 is 5.97 Å². The van der Waals surface area contributed by atoms with Crippen molar-refractivity contribution in [2.24, 2.45) is 5.92 Å². The molecule has 2 aromatic rings. The highest BCUT2D eigenvalue weighted by atomic mass is 16.5. The monoisotopic (exact) mass is 358 g/mol. The second-order valence-corrected chi connectivity index (χ2v) is 6.90.